The van der Waals surface area contributed by atoms with Crippen molar-refractivity contribution in [1.82, 2.24) is 26.0 Å². The molecule has 0 aliphatic carbocycles. The van der Waals surface area contributed by atoms with Gasteiger partial charge in [0.25, 0.3) is 5.91 Å². The molecule has 3 amide bonds. The van der Waals surface area contributed by atoms with Gasteiger partial charge in [0.05, 0.1) is 32.4 Å². The molecule has 2 aliphatic heterocycles. The Kier molecular flexibility index (Phi) is 12.1. The standard InChI is InChI=1S/C34H49N5O7/c1-21(2)14-26(30(40)34(6)20-45-34)35-32(42)28(16-24-10-8-7-9-11-24)37-31(41)27(15-22(3)4)36-33(43)29-17-25(46-38-29)18-39-12-13-44-19-23(39)5/h7-11,17,21-23,26-28H,12-16,18-20H2,1-6H3,(H,35,42)(H,36,43)(H,37,41). The Morgan fingerprint density at radius 2 is 1.59 bits per heavy atom. The Balaban J connectivity index is 1.47. The number of epoxide rings is 1. The van der Waals surface area contributed by atoms with E-state index >= 15 is 0 Å². The van der Waals surface area contributed by atoms with Gasteiger partial charge in [0.15, 0.2) is 17.2 Å². The van der Waals surface area contributed by atoms with Crippen LogP contribution >= 0.6 is 0 Å². The quantitative estimate of drug-likeness (QED) is 0.235. The molecule has 252 valence electrons. The number of ether oxygens (including phenoxy) is 2. The average molecular weight is 640 g/mol. The van der Waals surface area contributed by atoms with Crippen molar-refractivity contribution in [2.45, 2.75) is 97.1 Å². The van der Waals surface area contributed by atoms with Crippen LogP contribution in [0.1, 0.15) is 76.2 Å². The highest BCUT2D eigenvalue weighted by atomic mass is 16.6. The van der Waals surface area contributed by atoms with Crippen LogP contribution in [0.2, 0.25) is 0 Å². The van der Waals surface area contributed by atoms with Crippen molar-refractivity contribution < 1.29 is 33.2 Å². The van der Waals surface area contributed by atoms with E-state index in [4.69, 9.17) is 14.0 Å². The number of aromatic nitrogens is 1. The van der Waals surface area contributed by atoms with Crippen molar-refractivity contribution >= 4 is 23.5 Å². The minimum atomic E-state index is -0.994. The smallest absolute Gasteiger partial charge is 0.274 e. The summed E-state index contributed by atoms with van der Waals surface area (Å²) >= 11 is 0. The van der Waals surface area contributed by atoms with Crippen LogP contribution in [0.4, 0.5) is 0 Å². The van der Waals surface area contributed by atoms with Crippen molar-refractivity contribution in [3.8, 4) is 0 Å². The van der Waals surface area contributed by atoms with E-state index in [-0.39, 0.29) is 35.8 Å². The minimum absolute atomic E-state index is 0.0560. The third-order valence-electron chi connectivity index (χ3n) is 8.34. The minimum Gasteiger partial charge on any atom is -0.379 e. The van der Waals surface area contributed by atoms with Crippen molar-refractivity contribution in [3.05, 3.63) is 53.4 Å². The van der Waals surface area contributed by atoms with Crippen LogP contribution in [-0.2, 0) is 36.8 Å². The highest BCUT2D eigenvalue weighted by Gasteiger charge is 2.50. The first-order chi connectivity index (χ1) is 21.8. The van der Waals surface area contributed by atoms with Crippen LogP contribution in [0.25, 0.3) is 0 Å². The summed E-state index contributed by atoms with van der Waals surface area (Å²) in [6, 6.07) is 8.43. The fourth-order valence-corrected chi connectivity index (χ4v) is 5.55. The molecule has 2 fully saturated rings. The molecule has 5 unspecified atom stereocenters. The Hall–Kier alpha value is -3.61. The number of nitrogens with one attached hydrogen (secondary N) is 3. The van der Waals surface area contributed by atoms with Gasteiger partial charge < -0.3 is 29.9 Å². The molecule has 12 heteroatoms. The van der Waals surface area contributed by atoms with E-state index in [1.54, 1.807) is 13.0 Å². The Morgan fingerprint density at radius 1 is 0.957 bits per heavy atom. The van der Waals surface area contributed by atoms with Gasteiger partial charge in [-0.05, 0) is 44.1 Å². The molecule has 5 atom stereocenters. The largest absolute Gasteiger partial charge is 0.379 e. The molecule has 0 bridgehead atoms. The maximum absolute atomic E-state index is 13.8. The molecule has 0 saturated carbocycles. The van der Waals surface area contributed by atoms with Crippen molar-refractivity contribution in [1.29, 1.82) is 0 Å². The van der Waals surface area contributed by atoms with Crippen molar-refractivity contribution in [3.63, 3.8) is 0 Å². The molecule has 4 rings (SSSR count). The van der Waals surface area contributed by atoms with Crippen LogP contribution in [0.3, 0.4) is 0 Å². The van der Waals surface area contributed by atoms with Gasteiger partial charge in [0.2, 0.25) is 11.8 Å². The van der Waals surface area contributed by atoms with Gasteiger partial charge >= 0.3 is 0 Å². The maximum atomic E-state index is 13.8. The van der Waals surface area contributed by atoms with Crippen molar-refractivity contribution in [2.24, 2.45) is 11.8 Å². The molecule has 2 aromatic rings. The summed E-state index contributed by atoms with van der Waals surface area (Å²) in [6.45, 7) is 14.4. The van der Waals surface area contributed by atoms with E-state index < -0.39 is 41.4 Å². The van der Waals surface area contributed by atoms with Crippen molar-refractivity contribution in [2.75, 3.05) is 26.4 Å². The fourth-order valence-electron chi connectivity index (χ4n) is 5.55. The molecule has 1 aromatic carbocycles. The molecule has 0 spiro atoms. The van der Waals surface area contributed by atoms with Gasteiger partial charge in [-0.1, -0.05) is 63.2 Å². The maximum Gasteiger partial charge on any atom is 0.274 e. The van der Waals surface area contributed by atoms with Crippen LogP contribution in [0.15, 0.2) is 40.9 Å². The Morgan fingerprint density at radius 3 is 2.22 bits per heavy atom. The normalized spacial score (nSPS) is 21.8. The number of rotatable bonds is 16. The first-order valence-electron chi connectivity index (χ1n) is 16.3. The predicted molar refractivity (Wildman–Crippen MR) is 171 cm³/mol. The van der Waals surface area contributed by atoms with Gasteiger partial charge in [-0.25, -0.2) is 0 Å². The zero-order chi connectivity index (χ0) is 33.4. The Bertz CT molecular complexity index is 1340. The summed E-state index contributed by atoms with van der Waals surface area (Å²) in [5.41, 5.74) is 0.00206. The topological polar surface area (TPSA) is 155 Å². The molecule has 3 N–H and O–H groups in total. The highest BCUT2D eigenvalue weighted by molar-refractivity contribution is 5.99. The third-order valence-corrected chi connectivity index (χ3v) is 8.34. The number of carbonyl (C=O) groups is 4. The summed E-state index contributed by atoms with van der Waals surface area (Å²) < 4.78 is 16.3. The molecule has 12 nitrogen and oxygen atoms in total. The van der Waals surface area contributed by atoms with Crippen LogP contribution < -0.4 is 16.0 Å². The Labute approximate surface area is 271 Å². The van der Waals surface area contributed by atoms with E-state index in [0.717, 1.165) is 12.1 Å². The van der Waals surface area contributed by atoms with Crippen LogP contribution in [0.5, 0.6) is 0 Å². The number of carbonyl (C=O) groups excluding carboxylic acids is 4. The number of nitrogens with zero attached hydrogens (tertiary/aromatic N) is 2. The van der Waals surface area contributed by atoms with Gasteiger partial charge in [-0.2, -0.15) is 0 Å². The van der Waals surface area contributed by atoms with Crippen LogP contribution in [0, 0.1) is 11.8 Å². The molecule has 46 heavy (non-hydrogen) atoms. The number of hydrogen-bond acceptors (Lipinski definition) is 9. The molecule has 0 radical (unpaired) electrons. The fraction of sp³-hybridized carbons (Fsp3) is 0.618. The lowest BCUT2D eigenvalue weighted by Gasteiger charge is -2.32. The SMILES string of the molecule is CC(C)CC(NC(=O)c1cc(CN2CCOCC2C)on1)C(=O)NC(Cc1ccccc1)C(=O)NC(CC(C)C)C(=O)C1(C)CO1. The van der Waals surface area contributed by atoms with E-state index in [1.165, 1.54) is 0 Å². The molecular weight excluding hydrogens is 590 g/mol. The zero-order valence-corrected chi connectivity index (χ0v) is 27.8. The lowest BCUT2D eigenvalue weighted by molar-refractivity contribution is -0.133. The zero-order valence-electron chi connectivity index (χ0n) is 27.8. The number of ketones is 1. The number of morpholine rings is 1. The van der Waals surface area contributed by atoms with Gasteiger partial charge in [0, 0.05) is 25.1 Å². The molecule has 2 aliphatic rings. The van der Waals surface area contributed by atoms with Gasteiger partial charge in [-0.15, -0.1) is 0 Å². The molecule has 2 saturated heterocycles. The summed E-state index contributed by atoms with van der Waals surface area (Å²) in [4.78, 5) is 56.2. The second-order valence-corrected chi connectivity index (χ2v) is 13.6. The summed E-state index contributed by atoms with van der Waals surface area (Å²) in [6.07, 6.45) is 0.965. The van der Waals surface area contributed by atoms with E-state index in [0.29, 0.717) is 45.0 Å². The highest BCUT2D eigenvalue weighted by Crippen LogP contribution is 2.29. The molecular formula is C34H49N5O7. The molecule has 3 heterocycles. The van der Waals surface area contributed by atoms with Gasteiger partial charge in [-0.3, -0.25) is 24.1 Å². The number of Topliss-reactive ketones (excluding diaryl/α,β-unsaturated/α-hetero) is 1. The third kappa shape index (κ3) is 9.94. The lowest BCUT2D eigenvalue weighted by atomic mass is 9.93. The van der Waals surface area contributed by atoms with Crippen LogP contribution in [-0.4, -0.2) is 89.7 Å². The number of hydrogen-bond donors (Lipinski definition) is 3. The summed E-state index contributed by atoms with van der Waals surface area (Å²) in [5, 5.41) is 12.5. The lowest BCUT2D eigenvalue weighted by Crippen LogP contribution is -2.57. The number of benzene rings is 1. The van der Waals surface area contributed by atoms with Gasteiger partial charge in [0.1, 0.15) is 17.7 Å². The number of amides is 3. The monoisotopic (exact) mass is 639 g/mol. The predicted octanol–water partition coefficient (Wildman–Crippen LogP) is 2.66. The van der Waals surface area contributed by atoms with E-state index in [2.05, 4.69) is 32.9 Å². The second kappa shape index (κ2) is 15.8. The summed E-state index contributed by atoms with van der Waals surface area (Å²) in [5.74, 6) is -0.977. The molecule has 1 aromatic heterocycles. The van der Waals surface area contributed by atoms with E-state index in [9.17, 15) is 19.2 Å². The average Bonchev–Trinajstić information content (AvgIpc) is 3.58. The summed E-state index contributed by atoms with van der Waals surface area (Å²) in [7, 11) is 0. The van der Waals surface area contributed by atoms with E-state index in [1.807, 2.05) is 58.0 Å². The second-order valence-electron chi connectivity index (χ2n) is 13.6. The first kappa shape index (κ1) is 35.2. The first-order valence-corrected chi connectivity index (χ1v) is 16.3.